The van der Waals surface area contributed by atoms with Gasteiger partial charge in [0.25, 0.3) is 0 Å². The minimum absolute atomic E-state index is 0.000548. The van der Waals surface area contributed by atoms with E-state index >= 15 is 0 Å². The highest BCUT2D eigenvalue weighted by molar-refractivity contribution is 5.99. The first-order valence-corrected chi connectivity index (χ1v) is 22.5. The van der Waals surface area contributed by atoms with Crippen LogP contribution in [0.15, 0.2) is 36.4 Å². The normalized spacial score (nSPS) is 13.0. The Morgan fingerprint density at radius 2 is 0.508 bits per heavy atom. The van der Waals surface area contributed by atoms with Gasteiger partial charge in [0.05, 0.1) is 0 Å². The van der Waals surface area contributed by atoms with Crippen LogP contribution in [0.2, 0.25) is 0 Å². The van der Waals surface area contributed by atoms with E-state index in [0.717, 1.165) is 50.1 Å². The Hall–Kier alpha value is -4.92. The Bertz CT molecular complexity index is 2000. The minimum Gasteiger partial charge on any atom is -0.507 e. The lowest BCUT2D eigenvalue weighted by Crippen LogP contribution is -2.20. The molecule has 0 saturated carbocycles. The van der Waals surface area contributed by atoms with Gasteiger partial charge in [0.15, 0.2) is 17.5 Å². The third-order valence-electron chi connectivity index (χ3n) is 11.7. The van der Waals surface area contributed by atoms with Gasteiger partial charge < -0.3 is 15.3 Å². The van der Waals surface area contributed by atoms with Crippen LogP contribution in [-0.2, 0) is 51.8 Å². The summed E-state index contributed by atoms with van der Waals surface area (Å²) >= 11 is 0. The Labute approximate surface area is 377 Å². The molecule has 0 unspecified atom stereocenters. The molecule has 0 aliphatic heterocycles. The summed E-state index contributed by atoms with van der Waals surface area (Å²) in [6, 6.07) is 11.6. The second-order valence-corrected chi connectivity index (χ2v) is 23.7. The standard InChI is InChI=1S/C54H75N3O6/c1-49(2,3)34-25-31(26-35(43(34)61)50(4,5)6)19-22-40(58)46-55-47(41(59)23-20-32-27-36(51(7,8)9)44(62)37(28-32)52(10,11)12)57-48(56-46)42(60)24-21-33-29-38(53(13,14)15)45(63)39(30-33)54(16,17)18/h25-30,61-63H,19-24H2,1-18H3. The Balaban J connectivity index is 1.74. The molecule has 0 bridgehead atoms. The molecule has 9 heteroatoms. The zero-order valence-electron chi connectivity index (χ0n) is 41.6. The van der Waals surface area contributed by atoms with Crippen molar-refractivity contribution in [2.24, 2.45) is 0 Å². The SMILES string of the molecule is CC(C)(C)c1cc(CCC(=O)c2nc(C(=O)CCc3cc(C(C)(C)C)c(O)c(C(C)(C)C)c3)nc(C(=O)CCc3cc(C(C)(C)C)c(O)c(C(C)(C)C)c3)n2)cc(C(C)(C)C)c1O. The third kappa shape index (κ3) is 12.4. The second-order valence-electron chi connectivity index (χ2n) is 23.7. The number of aryl methyl sites for hydroxylation is 3. The van der Waals surface area contributed by atoms with Crippen molar-refractivity contribution in [3.63, 3.8) is 0 Å². The van der Waals surface area contributed by atoms with Crippen LogP contribution in [0.5, 0.6) is 17.2 Å². The molecule has 3 N–H and O–H groups in total. The largest absolute Gasteiger partial charge is 0.507 e. The number of carbonyl (C=O) groups excluding carboxylic acids is 3. The lowest BCUT2D eigenvalue weighted by Gasteiger charge is -2.28. The maximum Gasteiger partial charge on any atom is 0.200 e. The maximum absolute atomic E-state index is 14.1. The predicted molar refractivity (Wildman–Crippen MR) is 254 cm³/mol. The summed E-state index contributed by atoms with van der Waals surface area (Å²) in [4.78, 5) is 55.5. The van der Waals surface area contributed by atoms with E-state index in [9.17, 15) is 29.7 Å². The first-order chi connectivity index (χ1) is 28.5. The molecule has 0 saturated heterocycles. The number of nitrogens with zero attached hydrogens (tertiary/aromatic N) is 3. The highest BCUT2D eigenvalue weighted by Gasteiger charge is 2.31. The molecule has 0 aliphatic rings. The summed E-state index contributed by atoms with van der Waals surface area (Å²) in [5.41, 5.74) is 5.21. The van der Waals surface area contributed by atoms with E-state index in [1.807, 2.05) is 161 Å². The van der Waals surface area contributed by atoms with Crippen LogP contribution in [0.25, 0.3) is 0 Å². The molecular weight excluding hydrogens is 787 g/mol. The van der Waals surface area contributed by atoms with E-state index < -0.39 is 17.3 Å². The summed E-state index contributed by atoms with van der Waals surface area (Å²) in [5.74, 6) is -1.28. The number of phenolic OH excluding ortho intramolecular Hbond substituents is 3. The molecule has 1 aromatic heterocycles. The van der Waals surface area contributed by atoms with E-state index in [4.69, 9.17) is 0 Å². The molecule has 3 aromatic carbocycles. The van der Waals surface area contributed by atoms with E-state index in [2.05, 4.69) is 15.0 Å². The van der Waals surface area contributed by atoms with E-state index in [1.165, 1.54) is 0 Å². The first kappa shape index (κ1) is 50.7. The van der Waals surface area contributed by atoms with Crippen molar-refractivity contribution in [2.45, 2.75) is 196 Å². The Morgan fingerprint density at radius 3 is 0.651 bits per heavy atom. The molecule has 0 aliphatic carbocycles. The van der Waals surface area contributed by atoms with Crippen LogP contribution in [0.4, 0.5) is 0 Å². The Kier molecular flexibility index (Phi) is 14.4. The number of Topliss-reactive ketones (excluding diaryl/α,β-unsaturated/α-hetero) is 3. The lowest BCUT2D eigenvalue weighted by atomic mass is 9.78. The third-order valence-corrected chi connectivity index (χ3v) is 11.7. The molecule has 0 radical (unpaired) electrons. The van der Waals surface area contributed by atoms with Gasteiger partial charge in [-0.15, -0.1) is 0 Å². The average Bonchev–Trinajstić information content (AvgIpc) is 3.13. The zero-order chi connectivity index (χ0) is 48.0. The smallest absolute Gasteiger partial charge is 0.200 e. The summed E-state index contributed by atoms with van der Waals surface area (Å²) in [7, 11) is 0. The first-order valence-electron chi connectivity index (χ1n) is 22.5. The van der Waals surface area contributed by atoms with Gasteiger partial charge in [-0.2, -0.15) is 0 Å². The van der Waals surface area contributed by atoms with Gasteiger partial charge in [-0.25, -0.2) is 15.0 Å². The van der Waals surface area contributed by atoms with E-state index in [-0.39, 0.29) is 86.5 Å². The van der Waals surface area contributed by atoms with Crippen molar-refractivity contribution in [1.29, 1.82) is 0 Å². The lowest BCUT2D eigenvalue weighted by molar-refractivity contribution is 0.0959. The molecule has 63 heavy (non-hydrogen) atoms. The number of ketones is 3. The fourth-order valence-corrected chi connectivity index (χ4v) is 7.81. The number of benzene rings is 3. The van der Waals surface area contributed by atoms with Gasteiger partial charge >= 0.3 is 0 Å². The van der Waals surface area contributed by atoms with Gasteiger partial charge in [0.1, 0.15) is 17.2 Å². The minimum atomic E-state index is -0.436. The molecule has 0 atom stereocenters. The van der Waals surface area contributed by atoms with Crippen LogP contribution in [0, 0.1) is 0 Å². The topological polar surface area (TPSA) is 151 Å². The van der Waals surface area contributed by atoms with Crippen molar-refractivity contribution in [3.05, 3.63) is 104 Å². The van der Waals surface area contributed by atoms with Gasteiger partial charge in [-0.05, 0) is 102 Å². The van der Waals surface area contributed by atoms with Crippen LogP contribution >= 0.6 is 0 Å². The summed E-state index contributed by atoms with van der Waals surface area (Å²) in [5, 5.41) is 33.8. The number of aromatic hydroxyl groups is 3. The van der Waals surface area contributed by atoms with Crippen LogP contribution in [-0.4, -0.2) is 47.6 Å². The highest BCUT2D eigenvalue weighted by atomic mass is 16.3. The van der Waals surface area contributed by atoms with Crippen molar-refractivity contribution in [2.75, 3.05) is 0 Å². The highest BCUT2D eigenvalue weighted by Crippen LogP contribution is 2.43. The molecule has 4 rings (SSSR count). The Morgan fingerprint density at radius 1 is 0.349 bits per heavy atom. The fraction of sp³-hybridized carbons (Fsp3) is 0.556. The molecule has 342 valence electrons. The molecule has 0 fully saturated rings. The number of rotatable bonds is 12. The quantitative estimate of drug-likeness (QED) is 0.118. The van der Waals surface area contributed by atoms with Crippen LogP contribution in [0.1, 0.15) is 226 Å². The zero-order valence-corrected chi connectivity index (χ0v) is 41.6. The van der Waals surface area contributed by atoms with Crippen molar-refractivity contribution in [3.8, 4) is 17.2 Å². The molecule has 0 amide bonds. The number of hydrogen-bond acceptors (Lipinski definition) is 9. The number of carbonyl (C=O) groups is 3. The van der Waals surface area contributed by atoms with E-state index in [1.54, 1.807) is 0 Å². The van der Waals surface area contributed by atoms with Crippen LogP contribution < -0.4 is 0 Å². The second kappa shape index (κ2) is 17.9. The summed E-state index contributed by atoms with van der Waals surface area (Å²) < 4.78 is 0. The molecule has 1 heterocycles. The molecule has 9 nitrogen and oxygen atoms in total. The summed E-state index contributed by atoms with van der Waals surface area (Å²) in [6.45, 7) is 36.7. The predicted octanol–water partition coefficient (Wildman–Crippen LogP) is 12.2. The van der Waals surface area contributed by atoms with Crippen LogP contribution in [0.3, 0.4) is 0 Å². The number of hydrogen-bond donors (Lipinski definition) is 3. The summed E-state index contributed by atoms with van der Waals surface area (Å²) in [6.07, 6.45) is 0.971. The molecule has 4 aromatic rings. The monoisotopic (exact) mass is 862 g/mol. The fourth-order valence-electron chi connectivity index (χ4n) is 7.81. The van der Waals surface area contributed by atoms with Gasteiger partial charge in [0.2, 0.25) is 17.3 Å². The molecular formula is C54H75N3O6. The van der Waals surface area contributed by atoms with Gasteiger partial charge in [0, 0.05) is 19.3 Å². The van der Waals surface area contributed by atoms with Gasteiger partial charge in [-0.1, -0.05) is 161 Å². The maximum atomic E-state index is 14.1. The number of aromatic nitrogens is 3. The average molecular weight is 862 g/mol. The van der Waals surface area contributed by atoms with Crippen molar-refractivity contribution in [1.82, 2.24) is 15.0 Å². The van der Waals surface area contributed by atoms with E-state index in [0.29, 0.717) is 19.3 Å². The van der Waals surface area contributed by atoms with Crippen molar-refractivity contribution >= 4 is 17.3 Å². The van der Waals surface area contributed by atoms with Crippen molar-refractivity contribution < 1.29 is 29.7 Å². The van der Waals surface area contributed by atoms with Gasteiger partial charge in [-0.3, -0.25) is 14.4 Å². The number of phenols is 3. The molecule has 0 spiro atoms.